The Morgan fingerprint density at radius 3 is 2.59 bits per heavy atom. The SMILES string of the molecule is Cn1cc(Br)cc1C(=O)NCC(F)(F)C(F)F. The van der Waals surface area contributed by atoms with E-state index in [9.17, 15) is 22.4 Å². The summed E-state index contributed by atoms with van der Waals surface area (Å²) >= 11 is 3.10. The smallest absolute Gasteiger partial charge is 0.324 e. The summed E-state index contributed by atoms with van der Waals surface area (Å²) in [7, 11) is 1.53. The summed E-state index contributed by atoms with van der Waals surface area (Å²) in [5.41, 5.74) is 0.0990. The van der Waals surface area contributed by atoms with Crippen LogP contribution in [0.3, 0.4) is 0 Å². The van der Waals surface area contributed by atoms with Crippen LogP contribution in [0.25, 0.3) is 0 Å². The molecule has 0 saturated heterocycles. The molecule has 0 unspecified atom stereocenters. The Balaban J connectivity index is 2.65. The molecule has 96 valence electrons. The van der Waals surface area contributed by atoms with Crippen molar-refractivity contribution in [1.82, 2.24) is 9.88 Å². The fraction of sp³-hybridized carbons (Fsp3) is 0.444. The van der Waals surface area contributed by atoms with Gasteiger partial charge in [0.15, 0.2) is 0 Å². The average Bonchev–Trinajstić information content (AvgIpc) is 2.54. The molecule has 0 aliphatic carbocycles. The van der Waals surface area contributed by atoms with E-state index in [1.165, 1.54) is 17.7 Å². The van der Waals surface area contributed by atoms with Gasteiger partial charge in [-0.3, -0.25) is 4.79 Å². The van der Waals surface area contributed by atoms with Gasteiger partial charge in [0.05, 0.1) is 6.54 Å². The zero-order valence-corrected chi connectivity index (χ0v) is 10.3. The summed E-state index contributed by atoms with van der Waals surface area (Å²) in [6.45, 7) is -1.40. The van der Waals surface area contributed by atoms with Crippen LogP contribution in [0.5, 0.6) is 0 Å². The first-order chi connectivity index (χ1) is 7.74. The maximum atomic E-state index is 12.5. The molecule has 0 saturated carbocycles. The van der Waals surface area contributed by atoms with Crippen LogP contribution in [0.4, 0.5) is 17.6 Å². The van der Waals surface area contributed by atoms with Crippen molar-refractivity contribution >= 4 is 21.8 Å². The fourth-order valence-electron chi connectivity index (χ4n) is 1.12. The van der Waals surface area contributed by atoms with E-state index < -0.39 is 24.8 Å². The fourth-order valence-corrected chi connectivity index (χ4v) is 1.64. The van der Waals surface area contributed by atoms with Crippen molar-refractivity contribution < 1.29 is 22.4 Å². The van der Waals surface area contributed by atoms with Crippen LogP contribution in [0.1, 0.15) is 10.5 Å². The molecule has 17 heavy (non-hydrogen) atoms. The molecule has 1 aromatic rings. The number of amides is 1. The standard InChI is InChI=1S/C9H9BrF4N2O/c1-16-3-5(10)2-6(16)7(17)15-4-9(13,14)8(11)12/h2-3,8H,4H2,1H3,(H,15,17). The number of aryl methyl sites for hydroxylation is 1. The van der Waals surface area contributed by atoms with Crippen LogP contribution < -0.4 is 5.32 Å². The van der Waals surface area contributed by atoms with E-state index in [-0.39, 0.29) is 5.69 Å². The molecule has 0 aromatic carbocycles. The van der Waals surface area contributed by atoms with Gasteiger partial charge >= 0.3 is 12.3 Å². The van der Waals surface area contributed by atoms with Crippen LogP contribution in [-0.4, -0.2) is 29.4 Å². The highest BCUT2D eigenvalue weighted by atomic mass is 79.9. The first-order valence-electron chi connectivity index (χ1n) is 4.50. The van der Waals surface area contributed by atoms with Crippen molar-refractivity contribution in [1.29, 1.82) is 0 Å². The number of aromatic nitrogens is 1. The molecule has 8 heteroatoms. The highest BCUT2D eigenvalue weighted by molar-refractivity contribution is 9.10. The molecule has 0 aliphatic rings. The number of alkyl halides is 4. The first-order valence-corrected chi connectivity index (χ1v) is 5.29. The minimum absolute atomic E-state index is 0.0990. The molecule has 0 fully saturated rings. The summed E-state index contributed by atoms with van der Waals surface area (Å²) in [5, 5.41) is 1.76. The third-order valence-corrected chi connectivity index (χ3v) is 2.44. The van der Waals surface area contributed by atoms with Gasteiger partial charge in [0.2, 0.25) is 0 Å². The monoisotopic (exact) mass is 316 g/mol. The van der Waals surface area contributed by atoms with Crippen molar-refractivity contribution in [2.45, 2.75) is 12.3 Å². The Morgan fingerprint density at radius 2 is 2.18 bits per heavy atom. The van der Waals surface area contributed by atoms with E-state index in [0.29, 0.717) is 4.47 Å². The van der Waals surface area contributed by atoms with Gasteiger partial charge in [-0.05, 0) is 22.0 Å². The molecule has 1 heterocycles. The highest BCUT2D eigenvalue weighted by Crippen LogP contribution is 2.21. The van der Waals surface area contributed by atoms with Gasteiger partial charge in [-0.2, -0.15) is 8.78 Å². The second-order valence-electron chi connectivity index (χ2n) is 3.40. The van der Waals surface area contributed by atoms with Gasteiger partial charge < -0.3 is 9.88 Å². The number of rotatable bonds is 4. The predicted octanol–water partition coefficient (Wildman–Crippen LogP) is 2.42. The normalized spacial score (nSPS) is 11.9. The molecule has 1 rings (SSSR count). The van der Waals surface area contributed by atoms with E-state index in [2.05, 4.69) is 15.9 Å². The summed E-state index contributed by atoms with van der Waals surface area (Å²) in [6.07, 6.45) is -2.26. The highest BCUT2D eigenvalue weighted by Gasteiger charge is 2.40. The molecule has 3 nitrogen and oxygen atoms in total. The van der Waals surface area contributed by atoms with Gasteiger partial charge in [-0.15, -0.1) is 0 Å². The average molecular weight is 317 g/mol. The summed E-state index contributed by atoms with van der Waals surface area (Å²) in [5.74, 6) is -5.06. The van der Waals surface area contributed by atoms with Crippen LogP contribution in [0, 0.1) is 0 Å². The number of hydrogen-bond donors (Lipinski definition) is 1. The zero-order chi connectivity index (χ0) is 13.2. The first kappa shape index (κ1) is 14.0. The minimum Gasteiger partial charge on any atom is -0.345 e. The van der Waals surface area contributed by atoms with Crippen molar-refractivity contribution in [2.75, 3.05) is 6.54 Å². The third kappa shape index (κ3) is 3.45. The molecule has 1 amide bonds. The van der Waals surface area contributed by atoms with Crippen LogP contribution >= 0.6 is 15.9 Å². The second kappa shape index (κ2) is 5.07. The Labute approximate surface area is 103 Å². The van der Waals surface area contributed by atoms with Gasteiger partial charge in [-0.1, -0.05) is 0 Å². The molecule has 0 bridgehead atoms. The van der Waals surface area contributed by atoms with Crippen molar-refractivity contribution in [3.8, 4) is 0 Å². The van der Waals surface area contributed by atoms with E-state index in [4.69, 9.17) is 0 Å². The minimum atomic E-state index is -4.22. The third-order valence-electron chi connectivity index (χ3n) is 2.01. The molecule has 0 aliphatic heterocycles. The number of nitrogens with zero attached hydrogens (tertiary/aromatic N) is 1. The van der Waals surface area contributed by atoms with Crippen molar-refractivity contribution in [3.05, 3.63) is 22.4 Å². The molecule has 0 radical (unpaired) electrons. The van der Waals surface area contributed by atoms with Gasteiger partial charge in [-0.25, -0.2) is 8.78 Å². The summed E-state index contributed by atoms with van der Waals surface area (Å²) in [6, 6.07) is 1.40. The molecule has 0 spiro atoms. The lowest BCUT2D eigenvalue weighted by Crippen LogP contribution is -2.41. The Bertz CT molecular complexity index is 419. The maximum Gasteiger partial charge on any atom is 0.324 e. The quantitative estimate of drug-likeness (QED) is 0.850. The van der Waals surface area contributed by atoms with E-state index in [0.717, 1.165) is 0 Å². The molecular weight excluding hydrogens is 308 g/mol. The van der Waals surface area contributed by atoms with Crippen molar-refractivity contribution in [2.24, 2.45) is 7.05 Å². The number of nitrogens with one attached hydrogen (secondary N) is 1. The number of hydrogen-bond acceptors (Lipinski definition) is 1. The predicted molar refractivity (Wildman–Crippen MR) is 56.4 cm³/mol. The number of halogens is 5. The maximum absolute atomic E-state index is 12.5. The van der Waals surface area contributed by atoms with Gasteiger partial charge in [0.1, 0.15) is 5.69 Å². The lowest BCUT2D eigenvalue weighted by Gasteiger charge is -2.15. The molecule has 1 aromatic heterocycles. The van der Waals surface area contributed by atoms with E-state index in [1.54, 1.807) is 11.5 Å². The van der Waals surface area contributed by atoms with Crippen LogP contribution in [-0.2, 0) is 7.05 Å². The lowest BCUT2D eigenvalue weighted by molar-refractivity contribution is -0.123. The van der Waals surface area contributed by atoms with Gasteiger partial charge in [0.25, 0.3) is 5.91 Å². The Kier molecular flexibility index (Phi) is 4.18. The summed E-state index contributed by atoms with van der Waals surface area (Å²) in [4.78, 5) is 11.4. The van der Waals surface area contributed by atoms with E-state index in [1.807, 2.05) is 0 Å². The zero-order valence-electron chi connectivity index (χ0n) is 8.68. The van der Waals surface area contributed by atoms with Crippen LogP contribution in [0.2, 0.25) is 0 Å². The number of carbonyl (C=O) groups is 1. The Hall–Kier alpha value is -1.05. The van der Waals surface area contributed by atoms with Gasteiger partial charge in [0, 0.05) is 17.7 Å². The van der Waals surface area contributed by atoms with E-state index >= 15 is 0 Å². The molecule has 0 atom stereocenters. The number of carbonyl (C=O) groups excluding carboxylic acids is 1. The molecular formula is C9H9BrF4N2O. The lowest BCUT2D eigenvalue weighted by atomic mass is 10.3. The van der Waals surface area contributed by atoms with Crippen molar-refractivity contribution in [3.63, 3.8) is 0 Å². The largest absolute Gasteiger partial charge is 0.345 e. The Morgan fingerprint density at radius 1 is 1.59 bits per heavy atom. The summed E-state index contributed by atoms with van der Waals surface area (Å²) < 4.78 is 50.7. The topological polar surface area (TPSA) is 34.0 Å². The second-order valence-corrected chi connectivity index (χ2v) is 4.31. The molecule has 1 N–H and O–H groups in total. The van der Waals surface area contributed by atoms with Crippen LogP contribution in [0.15, 0.2) is 16.7 Å².